The fraction of sp³-hybridized carbons (Fsp3) is 0.615. The number of nitrogens with zero attached hydrogens (tertiary/aromatic N) is 1. The topological polar surface area (TPSA) is 63.7 Å². The monoisotopic (exact) mass is 255 g/mol. The molecule has 18 heavy (non-hydrogen) atoms. The van der Waals surface area contributed by atoms with Crippen molar-refractivity contribution in [3.8, 4) is 0 Å². The summed E-state index contributed by atoms with van der Waals surface area (Å²) in [6, 6.07) is -0.132. The van der Waals surface area contributed by atoms with Crippen molar-refractivity contribution >= 4 is 17.7 Å². The van der Waals surface area contributed by atoms with E-state index in [0.29, 0.717) is 5.57 Å². The fourth-order valence-electron chi connectivity index (χ4n) is 1.33. The van der Waals surface area contributed by atoms with Gasteiger partial charge in [-0.2, -0.15) is 0 Å². The van der Waals surface area contributed by atoms with E-state index in [-0.39, 0.29) is 12.6 Å². The first-order valence-corrected chi connectivity index (χ1v) is 5.84. The molecule has 1 atom stereocenters. The lowest BCUT2D eigenvalue weighted by Gasteiger charge is -2.28. The van der Waals surface area contributed by atoms with Gasteiger partial charge in [0.1, 0.15) is 6.10 Å². The fourth-order valence-corrected chi connectivity index (χ4v) is 1.33. The Balaban J connectivity index is 4.60. The third-order valence-corrected chi connectivity index (χ3v) is 2.30. The number of rotatable bonds is 6. The van der Waals surface area contributed by atoms with Crippen molar-refractivity contribution < 1.29 is 19.1 Å². The molecule has 0 spiro atoms. The number of amides is 1. The summed E-state index contributed by atoms with van der Waals surface area (Å²) in [4.78, 5) is 35.5. The molecular formula is C13H21NO4. The van der Waals surface area contributed by atoms with Gasteiger partial charge in [0.05, 0.1) is 6.54 Å². The molecular weight excluding hydrogens is 234 g/mol. The quantitative estimate of drug-likeness (QED) is 0.408. The van der Waals surface area contributed by atoms with Crippen LogP contribution >= 0.6 is 0 Å². The Morgan fingerprint density at radius 2 is 1.67 bits per heavy atom. The maximum absolute atomic E-state index is 11.7. The minimum absolute atomic E-state index is 0.132. The van der Waals surface area contributed by atoms with E-state index in [9.17, 15) is 14.4 Å². The highest BCUT2D eigenvalue weighted by molar-refractivity contribution is 6.35. The van der Waals surface area contributed by atoms with Crippen LogP contribution < -0.4 is 0 Å². The van der Waals surface area contributed by atoms with E-state index in [1.165, 1.54) is 11.8 Å². The third-order valence-electron chi connectivity index (χ3n) is 2.30. The average Bonchev–Trinajstić information content (AvgIpc) is 2.24. The number of hydrogen-bond acceptors (Lipinski definition) is 4. The highest BCUT2D eigenvalue weighted by Gasteiger charge is 2.24. The normalized spacial score (nSPS) is 11.9. The molecule has 0 saturated carbocycles. The molecule has 0 aromatic heterocycles. The van der Waals surface area contributed by atoms with Gasteiger partial charge in [0.25, 0.3) is 5.91 Å². The minimum Gasteiger partial charge on any atom is -0.457 e. The molecule has 1 amide bonds. The number of carbonyl (C=O) groups is 3. The molecule has 0 bridgehead atoms. The second-order valence-electron chi connectivity index (χ2n) is 4.60. The average molecular weight is 255 g/mol. The van der Waals surface area contributed by atoms with E-state index < -0.39 is 23.8 Å². The highest BCUT2D eigenvalue weighted by atomic mass is 16.5. The van der Waals surface area contributed by atoms with Gasteiger partial charge in [0, 0.05) is 18.5 Å². The predicted octanol–water partition coefficient (Wildman–Crippen LogP) is 1.32. The zero-order chi connectivity index (χ0) is 14.5. The van der Waals surface area contributed by atoms with E-state index in [0.717, 1.165) is 0 Å². The van der Waals surface area contributed by atoms with Crippen molar-refractivity contribution in [2.75, 3.05) is 6.54 Å². The van der Waals surface area contributed by atoms with Gasteiger partial charge in [-0.3, -0.25) is 9.59 Å². The molecule has 0 fully saturated rings. The lowest BCUT2D eigenvalue weighted by atomic mass is 10.2. The summed E-state index contributed by atoms with van der Waals surface area (Å²) in [5.41, 5.74) is 0.302. The molecule has 0 aromatic carbocycles. The first-order valence-electron chi connectivity index (χ1n) is 5.84. The van der Waals surface area contributed by atoms with Crippen LogP contribution in [0, 0.1) is 0 Å². The van der Waals surface area contributed by atoms with Crippen LogP contribution in [-0.4, -0.2) is 41.3 Å². The number of Topliss-reactive ketones (excluding diaryl/α,β-unsaturated/α-hetero) is 1. The summed E-state index contributed by atoms with van der Waals surface area (Å²) in [7, 11) is 0. The molecule has 0 heterocycles. The van der Waals surface area contributed by atoms with Crippen LogP contribution in [0.1, 0.15) is 34.6 Å². The minimum atomic E-state index is -0.566. The van der Waals surface area contributed by atoms with Crippen LogP contribution in [0.2, 0.25) is 0 Å². The van der Waals surface area contributed by atoms with Crippen molar-refractivity contribution in [2.45, 2.75) is 46.8 Å². The molecule has 0 aliphatic carbocycles. The second-order valence-corrected chi connectivity index (χ2v) is 4.60. The lowest BCUT2D eigenvalue weighted by Crippen LogP contribution is -2.45. The Morgan fingerprint density at radius 3 is 2.00 bits per heavy atom. The highest BCUT2D eigenvalue weighted by Crippen LogP contribution is 2.06. The van der Waals surface area contributed by atoms with Crippen LogP contribution in [0.25, 0.3) is 0 Å². The molecule has 5 nitrogen and oxygen atoms in total. The molecule has 5 heteroatoms. The Hall–Kier alpha value is -1.65. The molecule has 0 N–H and O–H groups in total. The summed E-state index contributed by atoms with van der Waals surface area (Å²) < 4.78 is 5.08. The van der Waals surface area contributed by atoms with E-state index in [1.54, 1.807) is 27.7 Å². The van der Waals surface area contributed by atoms with Crippen LogP contribution in [0.4, 0.5) is 0 Å². The van der Waals surface area contributed by atoms with Gasteiger partial charge in [-0.1, -0.05) is 6.58 Å². The van der Waals surface area contributed by atoms with E-state index >= 15 is 0 Å². The van der Waals surface area contributed by atoms with Crippen LogP contribution in [-0.2, 0) is 19.1 Å². The lowest BCUT2D eigenvalue weighted by molar-refractivity contribution is -0.150. The van der Waals surface area contributed by atoms with Crippen molar-refractivity contribution in [3.63, 3.8) is 0 Å². The Labute approximate surface area is 108 Å². The zero-order valence-electron chi connectivity index (χ0n) is 11.6. The number of hydrogen-bond donors (Lipinski definition) is 0. The number of esters is 1. The van der Waals surface area contributed by atoms with Gasteiger partial charge in [-0.25, -0.2) is 4.79 Å². The van der Waals surface area contributed by atoms with Gasteiger partial charge < -0.3 is 9.64 Å². The summed E-state index contributed by atoms with van der Waals surface area (Å²) in [6.07, 6.45) is -0.486. The largest absolute Gasteiger partial charge is 0.457 e. The van der Waals surface area contributed by atoms with Crippen LogP contribution in [0.15, 0.2) is 12.2 Å². The van der Waals surface area contributed by atoms with Gasteiger partial charge >= 0.3 is 5.97 Å². The van der Waals surface area contributed by atoms with E-state index in [2.05, 4.69) is 6.58 Å². The maximum Gasteiger partial charge on any atom is 0.333 e. The van der Waals surface area contributed by atoms with Crippen molar-refractivity contribution in [2.24, 2.45) is 0 Å². The molecule has 0 aromatic rings. The van der Waals surface area contributed by atoms with Gasteiger partial charge in [-0.15, -0.1) is 0 Å². The Kier molecular flexibility index (Phi) is 6.30. The van der Waals surface area contributed by atoms with Gasteiger partial charge in [0.2, 0.25) is 5.78 Å². The van der Waals surface area contributed by atoms with Crippen molar-refractivity contribution in [1.82, 2.24) is 4.90 Å². The maximum atomic E-state index is 11.7. The number of ether oxygens (including phenoxy) is 1. The first-order chi connectivity index (χ1) is 8.16. The van der Waals surface area contributed by atoms with Gasteiger partial charge in [0.15, 0.2) is 0 Å². The zero-order valence-corrected chi connectivity index (χ0v) is 11.6. The number of carbonyl (C=O) groups excluding carboxylic acids is 3. The summed E-state index contributed by atoms with van der Waals surface area (Å²) >= 11 is 0. The molecule has 0 aliphatic heterocycles. The summed E-state index contributed by atoms with van der Waals surface area (Å²) in [6.45, 7) is 11.7. The smallest absolute Gasteiger partial charge is 0.333 e. The van der Waals surface area contributed by atoms with E-state index in [1.807, 2.05) is 0 Å². The molecule has 102 valence electrons. The third kappa shape index (κ3) is 5.12. The molecule has 0 saturated heterocycles. The number of ketones is 1. The molecule has 0 radical (unpaired) electrons. The SMILES string of the molecule is C=C(C)C(=O)OC(C)CN(C(=O)C(C)=O)C(C)C. The Morgan fingerprint density at radius 1 is 1.17 bits per heavy atom. The molecule has 0 rings (SSSR count). The second kappa shape index (κ2) is 6.93. The van der Waals surface area contributed by atoms with Crippen molar-refractivity contribution in [1.29, 1.82) is 0 Å². The Bertz CT molecular complexity index is 360. The molecule has 0 aliphatic rings. The molecule has 1 unspecified atom stereocenters. The van der Waals surface area contributed by atoms with Crippen LogP contribution in [0.5, 0.6) is 0 Å². The van der Waals surface area contributed by atoms with Crippen molar-refractivity contribution in [3.05, 3.63) is 12.2 Å². The van der Waals surface area contributed by atoms with E-state index in [4.69, 9.17) is 4.74 Å². The summed E-state index contributed by atoms with van der Waals surface area (Å²) in [5.74, 6) is -1.59. The van der Waals surface area contributed by atoms with Crippen LogP contribution in [0.3, 0.4) is 0 Å². The standard InChI is InChI=1S/C13H21NO4/c1-8(2)13(17)18-10(5)7-14(9(3)4)12(16)11(6)15/h9-10H,1,7H2,2-6H3. The van der Waals surface area contributed by atoms with Gasteiger partial charge in [-0.05, 0) is 27.7 Å². The summed E-state index contributed by atoms with van der Waals surface area (Å²) in [5, 5.41) is 0. The predicted molar refractivity (Wildman–Crippen MR) is 67.9 cm³/mol. The first kappa shape index (κ1) is 16.4.